The van der Waals surface area contributed by atoms with E-state index in [9.17, 15) is 19.5 Å². The molecule has 0 rings (SSSR count). The Kier molecular flexibility index (Phi) is 44.7. The van der Waals surface area contributed by atoms with E-state index in [0.29, 0.717) is 19.3 Å². The minimum absolute atomic E-state index is 0.0513. The van der Waals surface area contributed by atoms with Crippen molar-refractivity contribution in [3.63, 3.8) is 0 Å². The Morgan fingerprint density at radius 2 is 0.794 bits per heavy atom. The number of nitrogens with zero attached hydrogens (tertiary/aromatic N) is 1. The van der Waals surface area contributed by atoms with Crippen LogP contribution in [-0.4, -0.2) is 80.6 Å². The molecule has 8 nitrogen and oxygen atoms in total. The van der Waals surface area contributed by atoms with Gasteiger partial charge >= 0.3 is 17.9 Å². The van der Waals surface area contributed by atoms with Gasteiger partial charge in [-0.05, 0) is 64.2 Å². The summed E-state index contributed by atoms with van der Waals surface area (Å²) in [5, 5.41) is 9.66. The number of aliphatic carboxylic acids is 1. The van der Waals surface area contributed by atoms with Gasteiger partial charge in [-0.15, -0.1) is 0 Å². The normalized spacial score (nSPS) is 13.0. The van der Waals surface area contributed by atoms with Crippen LogP contribution in [0, 0.1) is 0 Å². The number of carbonyl (C=O) groups is 3. The molecular formula is C55H104NO7+. The molecule has 2 unspecified atom stereocenters. The number of esters is 2. The van der Waals surface area contributed by atoms with Crippen LogP contribution in [0.5, 0.6) is 0 Å². The van der Waals surface area contributed by atoms with E-state index in [-0.39, 0.29) is 36.2 Å². The zero-order chi connectivity index (χ0) is 46.3. The average Bonchev–Trinajstić information content (AvgIpc) is 3.24. The number of likely N-dealkylation sites (N-methyl/N-ethyl adjacent to an activating group) is 1. The van der Waals surface area contributed by atoms with E-state index in [1.165, 1.54) is 186 Å². The van der Waals surface area contributed by atoms with Crippen LogP contribution in [0.25, 0.3) is 0 Å². The molecule has 0 heterocycles. The monoisotopic (exact) mass is 891 g/mol. The van der Waals surface area contributed by atoms with Crippen LogP contribution in [0.1, 0.15) is 258 Å². The van der Waals surface area contributed by atoms with Gasteiger partial charge in [0.25, 0.3) is 0 Å². The lowest BCUT2D eigenvalue weighted by molar-refractivity contribution is -0.887. The Morgan fingerprint density at radius 3 is 1.14 bits per heavy atom. The smallest absolute Gasteiger partial charge is 0.362 e. The lowest BCUT2D eigenvalue weighted by Gasteiger charge is -2.31. The van der Waals surface area contributed by atoms with Crippen LogP contribution in [0.3, 0.4) is 0 Å². The lowest BCUT2D eigenvalue weighted by Crippen LogP contribution is -2.50. The van der Waals surface area contributed by atoms with Crippen molar-refractivity contribution in [2.75, 3.05) is 41.0 Å². The van der Waals surface area contributed by atoms with Gasteiger partial charge in [-0.1, -0.05) is 199 Å². The van der Waals surface area contributed by atoms with Crippen molar-refractivity contribution >= 4 is 17.9 Å². The van der Waals surface area contributed by atoms with Crippen LogP contribution in [-0.2, 0) is 28.6 Å². The maximum Gasteiger partial charge on any atom is 0.362 e. The molecule has 0 radical (unpaired) electrons. The predicted molar refractivity (Wildman–Crippen MR) is 266 cm³/mol. The number of carboxylic acid groups (broad SMARTS) is 1. The van der Waals surface area contributed by atoms with Crippen LogP contribution in [0.15, 0.2) is 24.3 Å². The Balaban J connectivity index is 4.19. The van der Waals surface area contributed by atoms with Crippen LogP contribution < -0.4 is 0 Å². The first kappa shape index (κ1) is 60.8. The molecule has 1 N–H and O–H groups in total. The average molecular weight is 891 g/mol. The number of quaternary nitrogens is 1. The highest BCUT2D eigenvalue weighted by Gasteiger charge is 2.31. The summed E-state index contributed by atoms with van der Waals surface area (Å²) < 4.78 is 17.4. The van der Waals surface area contributed by atoms with Crippen molar-refractivity contribution in [1.82, 2.24) is 0 Å². The fraction of sp³-hybridized carbons (Fsp3) is 0.873. The summed E-state index contributed by atoms with van der Waals surface area (Å²) in [6, 6.07) is -0.615. The zero-order valence-electron chi connectivity index (χ0n) is 42.3. The molecule has 0 aliphatic rings. The van der Waals surface area contributed by atoms with Gasteiger partial charge in [-0.2, -0.15) is 0 Å². The summed E-state index contributed by atoms with van der Waals surface area (Å²) in [6.45, 7) is 4.77. The molecule has 63 heavy (non-hydrogen) atoms. The first-order chi connectivity index (χ1) is 30.6. The second-order valence-electron chi connectivity index (χ2n) is 19.5. The number of rotatable bonds is 49. The largest absolute Gasteiger partial charge is 0.477 e. The Bertz CT molecular complexity index is 1080. The van der Waals surface area contributed by atoms with Gasteiger partial charge in [0.05, 0.1) is 34.4 Å². The highest BCUT2D eigenvalue weighted by molar-refractivity contribution is 5.72. The van der Waals surface area contributed by atoms with Gasteiger partial charge in [0, 0.05) is 19.3 Å². The quantitative estimate of drug-likeness (QED) is 0.0281. The summed E-state index contributed by atoms with van der Waals surface area (Å²) in [7, 11) is 5.54. The molecule has 0 aromatic heterocycles. The zero-order valence-corrected chi connectivity index (χ0v) is 42.3. The number of hydrogen-bond acceptors (Lipinski definition) is 6. The second-order valence-corrected chi connectivity index (χ2v) is 19.5. The van der Waals surface area contributed by atoms with E-state index >= 15 is 0 Å². The summed E-state index contributed by atoms with van der Waals surface area (Å²) >= 11 is 0. The number of hydrogen-bond donors (Lipinski definition) is 1. The van der Waals surface area contributed by atoms with E-state index in [4.69, 9.17) is 14.2 Å². The molecule has 0 saturated heterocycles. The maximum atomic E-state index is 12.8. The van der Waals surface area contributed by atoms with Gasteiger partial charge in [0.15, 0.2) is 12.1 Å². The molecule has 0 aromatic carbocycles. The van der Waals surface area contributed by atoms with Crippen molar-refractivity contribution in [1.29, 1.82) is 0 Å². The highest BCUT2D eigenvalue weighted by atomic mass is 16.6. The first-order valence-electron chi connectivity index (χ1n) is 26.9. The predicted octanol–water partition coefficient (Wildman–Crippen LogP) is 15.6. The Labute approximate surface area is 390 Å². The summed E-state index contributed by atoms with van der Waals surface area (Å²) in [5.74, 6) is -1.46. The lowest BCUT2D eigenvalue weighted by atomic mass is 10.0. The topological polar surface area (TPSA) is 99.1 Å². The second kappa shape index (κ2) is 46.3. The third-order valence-electron chi connectivity index (χ3n) is 12.3. The number of ether oxygens (including phenoxy) is 3. The molecule has 2 atom stereocenters. The number of allylic oxidation sites excluding steroid dienone is 4. The molecule has 0 aliphatic carbocycles. The Hall–Kier alpha value is -2.19. The van der Waals surface area contributed by atoms with Crippen molar-refractivity contribution < 1.29 is 38.2 Å². The van der Waals surface area contributed by atoms with Crippen LogP contribution in [0.4, 0.5) is 0 Å². The molecule has 370 valence electrons. The Morgan fingerprint density at radius 1 is 0.460 bits per heavy atom. The van der Waals surface area contributed by atoms with Crippen LogP contribution in [0.2, 0.25) is 0 Å². The molecule has 8 heteroatoms. The standard InChI is InChI=1S/C55H103NO7/c1-6-8-10-12-14-16-18-20-22-24-25-26-27-28-30-31-33-35-37-39-41-43-45-53(57)62-50-51(49-61-48-47-52(55(59)60)56(3,4)5)63-54(58)46-44-42-40-38-36-34-32-29-23-21-19-17-15-13-11-9-7-2/h21,23,27-28,51-52H,6-20,22,24-26,29-50H2,1-5H3/p+1/b23-21+,28-27+. The summed E-state index contributed by atoms with van der Waals surface area (Å²) in [4.78, 5) is 37.2. The molecule has 0 spiro atoms. The molecule has 0 aromatic rings. The van der Waals surface area contributed by atoms with Crippen molar-refractivity contribution in [3.8, 4) is 0 Å². The van der Waals surface area contributed by atoms with Crippen molar-refractivity contribution in [2.45, 2.75) is 270 Å². The summed E-state index contributed by atoms with van der Waals surface area (Å²) in [6.07, 6.45) is 53.7. The minimum atomic E-state index is -0.873. The maximum absolute atomic E-state index is 12.8. The third-order valence-corrected chi connectivity index (χ3v) is 12.3. The van der Waals surface area contributed by atoms with Crippen molar-refractivity contribution in [2.24, 2.45) is 0 Å². The molecule has 0 aliphatic heterocycles. The van der Waals surface area contributed by atoms with Gasteiger partial charge in [0.1, 0.15) is 6.61 Å². The minimum Gasteiger partial charge on any atom is -0.477 e. The third kappa shape index (κ3) is 44.8. The molecule has 0 amide bonds. The van der Waals surface area contributed by atoms with E-state index in [0.717, 1.165) is 38.5 Å². The molecular weight excluding hydrogens is 787 g/mol. The SMILES string of the molecule is CCCCCCCC/C=C/CCCCCCCCCC(=O)OC(COCCC(C(=O)O)[N+](C)(C)C)COC(=O)CCCCCCCCC/C=C/CCCCCCCCCCCCC. The van der Waals surface area contributed by atoms with Gasteiger partial charge in [0.2, 0.25) is 0 Å². The van der Waals surface area contributed by atoms with E-state index in [1.54, 1.807) is 0 Å². The fourth-order valence-electron chi connectivity index (χ4n) is 8.14. The number of unbranched alkanes of at least 4 members (excludes halogenated alkanes) is 31. The molecule has 0 saturated carbocycles. The van der Waals surface area contributed by atoms with Gasteiger partial charge < -0.3 is 23.8 Å². The molecule has 0 bridgehead atoms. The first-order valence-corrected chi connectivity index (χ1v) is 26.9. The fourth-order valence-corrected chi connectivity index (χ4v) is 8.14. The number of carbonyl (C=O) groups excluding carboxylic acids is 2. The van der Waals surface area contributed by atoms with E-state index in [2.05, 4.69) is 38.2 Å². The van der Waals surface area contributed by atoms with Gasteiger partial charge in [-0.25, -0.2) is 4.79 Å². The molecule has 0 fully saturated rings. The summed E-state index contributed by atoms with van der Waals surface area (Å²) in [5.41, 5.74) is 0. The van der Waals surface area contributed by atoms with E-state index < -0.39 is 18.1 Å². The van der Waals surface area contributed by atoms with Crippen molar-refractivity contribution in [3.05, 3.63) is 24.3 Å². The highest BCUT2D eigenvalue weighted by Crippen LogP contribution is 2.16. The van der Waals surface area contributed by atoms with Crippen LogP contribution >= 0.6 is 0 Å². The van der Waals surface area contributed by atoms with Gasteiger partial charge in [-0.3, -0.25) is 9.59 Å². The van der Waals surface area contributed by atoms with E-state index in [1.807, 2.05) is 21.1 Å². The number of carboxylic acids is 1.